The molecule has 1 aliphatic heterocycles. The third kappa shape index (κ3) is 3.96. The van der Waals surface area contributed by atoms with Crippen molar-refractivity contribution >= 4 is 29.4 Å². The normalized spacial score (nSPS) is 14.4. The van der Waals surface area contributed by atoms with Gasteiger partial charge in [0.05, 0.1) is 23.9 Å². The molecule has 0 bridgehead atoms. The molecule has 0 saturated carbocycles. The summed E-state index contributed by atoms with van der Waals surface area (Å²) in [7, 11) is 1.94. The zero-order valence-corrected chi connectivity index (χ0v) is 14.2. The lowest BCUT2D eigenvalue weighted by Gasteiger charge is -2.12. The molecule has 0 aromatic heterocycles. The van der Waals surface area contributed by atoms with Crippen LogP contribution in [0.2, 0.25) is 0 Å². The van der Waals surface area contributed by atoms with Gasteiger partial charge < -0.3 is 14.4 Å². The molecule has 0 N–H and O–H groups in total. The van der Waals surface area contributed by atoms with Crippen LogP contribution in [0.25, 0.3) is 0 Å². The fraction of sp³-hybridized carbons (Fsp3) is 0.294. The molecule has 0 atom stereocenters. The molecule has 0 amide bonds. The zero-order chi connectivity index (χ0) is 16.8. The van der Waals surface area contributed by atoms with Gasteiger partial charge in [0.25, 0.3) is 0 Å². The first-order valence-corrected chi connectivity index (χ1v) is 8.17. The van der Waals surface area contributed by atoms with Crippen LogP contribution < -0.4 is 4.90 Å². The van der Waals surface area contributed by atoms with Gasteiger partial charge in [-0.15, -0.1) is 0 Å². The lowest BCUT2D eigenvalue weighted by molar-refractivity contribution is -0.146. The Morgan fingerprint density at radius 2 is 1.74 bits per heavy atom. The van der Waals surface area contributed by atoms with E-state index in [4.69, 9.17) is 9.47 Å². The van der Waals surface area contributed by atoms with Crippen LogP contribution >= 0.6 is 11.8 Å². The van der Waals surface area contributed by atoms with Crippen molar-refractivity contribution in [1.82, 2.24) is 0 Å². The Balaban J connectivity index is 2.26. The van der Waals surface area contributed by atoms with Crippen molar-refractivity contribution in [3.05, 3.63) is 47.0 Å². The Labute approximate surface area is 139 Å². The third-order valence-electron chi connectivity index (χ3n) is 3.15. The van der Waals surface area contributed by atoms with Crippen LogP contribution in [0.5, 0.6) is 0 Å². The number of rotatable bonds is 5. The summed E-state index contributed by atoms with van der Waals surface area (Å²) < 4.78 is 9.84. The molecule has 2 rings (SSSR count). The summed E-state index contributed by atoms with van der Waals surface area (Å²) in [5, 5.41) is 0.914. The Hall–Kier alpha value is -2.21. The predicted molar refractivity (Wildman–Crippen MR) is 90.1 cm³/mol. The van der Waals surface area contributed by atoms with E-state index in [1.807, 2.05) is 36.2 Å². The fourth-order valence-corrected chi connectivity index (χ4v) is 3.11. The number of esters is 2. The van der Waals surface area contributed by atoms with Gasteiger partial charge in [0.15, 0.2) is 0 Å². The predicted octanol–water partition coefficient (Wildman–Crippen LogP) is 3.12. The van der Waals surface area contributed by atoms with Crippen LogP contribution in [0.3, 0.4) is 0 Å². The van der Waals surface area contributed by atoms with Crippen molar-refractivity contribution in [3.63, 3.8) is 0 Å². The lowest BCUT2D eigenvalue weighted by atomic mass is 10.2. The molecule has 0 fully saturated rings. The molecule has 5 nitrogen and oxygen atoms in total. The van der Waals surface area contributed by atoms with Crippen LogP contribution in [-0.2, 0) is 19.1 Å². The number of hydrogen-bond donors (Lipinski definition) is 0. The van der Waals surface area contributed by atoms with Gasteiger partial charge in [-0.25, -0.2) is 9.59 Å². The Bertz CT molecular complexity index is 646. The summed E-state index contributed by atoms with van der Waals surface area (Å²) >= 11 is 1.57. The van der Waals surface area contributed by atoms with E-state index in [-0.39, 0.29) is 18.8 Å². The monoisotopic (exact) mass is 333 g/mol. The van der Waals surface area contributed by atoms with E-state index >= 15 is 0 Å². The molecule has 0 unspecified atom stereocenters. The highest BCUT2D eigenvalue weighted by Gasteiger charge is 2.23. The largest absolute Gasteiger partial charge is 0.462 e. The average Bonchev–Trinajstić information content (AvgIpc) is 2.85. The number of allylic oxidation sites excluding steroid dienone is 2. The van der Waals surface area contributed by atoms with Gasteiger partial charge >= 0.3 is 11.9 Å². The minimum atomic E-state index is -0.675. The fourth-order valence-electron chi connectivity index (χ4n) is 2.06. The quantitative estimate of drug-likeness (QED) is 0.357. The second kappa shape index (κ2) is 7.87. The SMILES string of the molecule is CCOC(=O)C(=CC=C1Sc2ccccc2N1C)C(=O)OCC. The van der Waals surface area contributed by atoms with Crippen LogP contribution in [0.15, 0.2) is 51.9 Å². The minimum absolute atomic E-state index is 0.105. The first-order valence-electron chi connectivity index (χ1n) is 7.35. The minimum Gasteiger partial charge on any atom is -0.462 e. The maximum Gasteiger partial charge on any atom is 0.345 e. The maximum atomic E-state index is 11.9. The number of anilines is 1. The van der Waals surface area contributed by atoms with Crippen molar-refractivity contribution in [2.45, 2.75) is 18.7 Å². The van der Waals surface area contributed by atoms with Crippen LogP contribution in [-0.4, -0.2) is 32.2 Å². The topological polar surface area (TPSA) is 55.8 Å². The molecule has 0 aliphatic carbocycles. The van der Waals surface area contributed by atoms with Crippen LogP contribution in [0.1, 0.15) is 13.8 Å². The van der Waals surface area contributed by atoms with Gasteiger partial charge in [-0.3, -0.25) is 0 Å². The first kappa shape index (κ1) is 17.1. The number of fused-ring (bicyclic) bond motifs is 1. The summed E-state index contributed by atoms with van der Waals surface area (Å²) in [4.78, 5) is 27.0. The second-order valence-electron chi connectivity index (χ2n) is 4.65. The van der Waals surface area contributed by atoms with Gasteiger partial charge in [-0.1, -0.05) is 23.9 Å². The van der Waals surface area contributed by atoms with Gasteiger partial charge in [0.2, 0.25) is 0 Å². The number of hydrogen-bond acceptors (Lipinski definition) is 6. The van der Waals surface area contributed by atoms with Crippen molar-refractivity contribution in [1.29, 1.82) is 0 Å². The average molecular weight is 333 g/mol. The molecule has 6 heteroatoms. The van der Waals surface area contributed by atoms with Crippen molar-refractivity contribution in [3.8, 4) is 0 Å². The molecule has 122 valence electrons. The summed E-state index contributed by atoms with van der Waals surface area (Å²) in [5.41, 5.74) is 0.983. The number of ether oxygens (including phenoxy) is 2. The maximum absolute atomic E-state index is 11.9. The smallest absolute Gasteiger partial charge is 0.345 e. The molecule has 1 aromatic carbocycles. The Morgan fingerprint density at radius 1 is 1.13 bits per heavy atom. The Morgan fingerprint density at radius 3 is 2.30 bits per heavy atom. The van der Waals surface area contributed by atoms with Gasteiger partial charge in [0.1, 0.15) is 5.57 Å². The molecule has 1 aromatic rings. The van der Waals surface area contributed by atoms with Gasteiger partial charge in [-0.2, -0.15) is 0 Å². The molecular weight excluding hydrogens is 314 g/mol. The highest BCUT2D eigenvalue weighted by Crippen LogP contribution is 2.44. The Kier molecular flexibility index (Phi) is 5.87. The van der Waals surface area contributed by atoms with Crippen LogP contribution in [0.4, 0.5) is 5.69 Å². The van der Waals surface area contributed by atoms with E-state index in [1.54, 1.807) is 31.7 Å². The van der Waals surface area contributed by atoms with Gasteiger partial charge in [-0.05, 0) is 38.1 Å². The summed E-state index contributed by atoms with van der Waals surface area (Å²) in [6.45, 7) is 3.78. The van der Waals surface area contributed by atoms with Crippen molar-refractivity contribution in [2.75, 3.05) is 25.2 Å². The van der Waals surface area contributed by atoms with Crippen molar-refractivity contribution in [2.24, 2.45) is 0 Å². The molecule has 0 radical (unpaired) electrons. The van der Waals surface area contributed by atoms with E-state index in [0.717, 1.165) is 15.6 Å². The van der Waals surface area contributed by atoms with Gasteiger partial charge in [0, 0.05) is 11.9 Å². The van der Waals surface area contributed by atoms with Crippen LogP contribution in [0, 0.1) is 0 Å². The highest BCUT2D eigenvalue weighted by molar-refractivity contribution is 8.03. The first-order chi connectivity index (χ1) is 11.1. The molecular formula is C17H19NO4S. The number of nitrogens with zero attached hydrogens (tertiary/aromatic N) is 1. The standard InChI is InChI=1S/C17H19NO4S/c1-4-21-16(19)12(17(20)22-5-2)10-11-15-18(3)13-8-6-7-9-14(13)23-15/h6-11H,4-5H2,1-3H3. The second-order valence-corrected chi connectivity index (χ2v) is 5.72. The summed E-state index contributed by atoms with van der Waals surface area (Å²) in [6.07, 6.45) is 3.19. The number of para-hydroxylation sites is 1. The number of thioether (sulfide) groups is 1. The molecule has 1 aliphatic rings. The number of carbonyl (C=O) groups excluding carboxylic acids is 2. The molecule has 1 heterocycles. The van der Waals surface area contributed by atoms with Crippen molar-refractivity contribution < 1.29 is 19.1 Å². The summed E-state index contributed by atoms with van der Waals surface area (Å²) in [6, 6.07) is 7.99. The highest BCUT2D eigenvalue weighted by atomic mass is 32.2. The number of carbonyl (C=O) groups is 2. The van der Waals surface area contributed by atoms with E-state index < -0.39 is 11.9 Å². The summed E-state index contributed by atoms with van der Waals surface area (Å²) in [5.74, 6) is -1.35. The van der Waals surface area contributed by atoms with E-state index in [0.29, 0.717) is 0 Å². The lowest BCUT2D eigenvalue weighted by Crippen LogP contribution is -2.18. The molecule has 23 heavy (non-hydrogen) atoms. The third-order valence-corrected chi connectivity index (χ3v) is 4.34. The number of benzene rings is 1. The molecule has 0 saturated heterocycles. The van der Waals surface area contributed by atoms with E-state index in [1.165, 1.54) is 6.08 Å². The van der Waals surface area contributed by atoms with E-state index in [2.05, 4.69) is 0 Å². The zero-order valence-electron chi connectivity index (χ0n) is 13.4. The van der Waals surface area contributed by atoms with E-state index in [9.17, 15) is 9.59 Å². The molecule has 0 spiro atoms.